The van der Waals surface area contributed by atoms with Crippen molar-refractivity contribution >= 4 is 16.6 Å². The van der Waals surface area contributed by atoms with Crippen molar-refractivity contribution < 1.29 is 17.6 Å². The number of alkyl halides is 2. The fourth-order valence-corrected chi connectivity index (χ4v) is 3.90. The third-order valence-electron chi connectivity index (χ3n) is 5.38. The Kier molecular flexibility index (Phi) is 4.50. The molecule has 1 N–H and O–H groups in total. The summed E-state index contributed by atoms with van der Waals surface area (Å²) >= 11 is 0. The maximum atomic E-state index is 13.6. The van der Waals surface area contributed by atoms with Crippen molar-refractivity contribution in [2.75, 3.05) is 26.2 Å². The van der Waals surface area contributed by atoms with Gasteiger partial charge in [-0.1, -0.05) is 0 Å². The summed E-state index contributed by atoms with van der Waals surface area (Å²) in [7, 11) is 0. The molecule has 1 saturated heterocycles. The minimum absolute atomic E-state index is 0.0904. The van der Waals surface area contributed by atoms with Crippen LogP contribution >= 0.6 is 0 Å². The Morgan fingerprint density at radius 3 is 2.58 bits per heavy atom. The van der Waals surface area contributed by atoms with Crippen molar-refractivity contribution in [2.45, 2.75) is 38.0 Å². The molecule has 2 aromatic rings. The van der Waals surface area contributed by atoms with Gasteiger partial charge in [-0.3, -0.25) is 4.99 Å². The van der Waals surface area contributed by atoms with E-state index in [9.17, 15) is 17.6 Å². The number of piperidine rings is 1. The Balaban J connectivity index is 1.50. The van der Waals surface area contributed by atoms with Gasteiger partial charge in [0.05, 0.1) is 18.0 Å². The zero-order chi connectivity index (χ0) is 18.3. The van der Waals surface area contributed by atoms with E-state index in [0.717, 1.165) is 36.2 Å². The number of likely N-dealkylation sites (tertiary alicyclic amines) is 1. The molecule has 140 valence electrons. The van der Waals surface area contributed by atoms with Gasteiger partial charge in [0.2, 0.25) is 0 Å². The molecule has 0 unspecified atom stereocenters. The van der Waals surface area contributed by atoms with E-state index in [4.69, 9.17) is 0 Å². The van der Waals surface area contributed by atoms with Crippen LogP contribution in [-0.4, -0.2) is 47.7 Å². The summed E-state index contributed by atoms with van der Waals surface area (Å²) < 4.78 is 53.5. The van der Waals surface area contributed by atoms with E-state index in [1.165, 1.54) is 12.1 Å². The van der Waals surface area contributed by atoms with Crippen molar-refractivity contribution in [3.8, 4) is 0 Å². The van der Waals surface area contributed by atoms with E-state index < -0.39 is 17.6 Å². The van der Waals surface area contributed by atoms with Crippen LogP contribution < -0.4 is 0 Å². The van der Waals surface area contributed by atoms with Crippen LogP contribution in [0.3, 0.4) is 0 Å². The maximum absolute atomic E-state index is 13.6. The van der Waals surface area contributed by atoms with E-state index in [1.54, 1.807) is 0 Å². The van der Waals surface area contributed by atoms with E-state index in [0.29, 0.717) is 37.1 Å². The second kappa shape index (κ2) is 6.68. The number of H-pyrrole nitrogens is 1. The molecule has 0 amide bonds. The molecule has 1 aromatic carbocycles. The molecule has 0 bridgehead atoms. The number of aromatic nitrogens is 1. The molecule has 1 aliphatic carbocycles. The largest absolute Gasteiger partial charge is 0.353 e. The quantitative estimate of drug-likeness (QED) is 0.806. The van der Waals surface area contributed by atoms with Gasteiger partial charge >= 0.3 is 0 Å². The maximum Gasteiger partial charge on any atom is 0.250 e. The van der Waals surface area contributed by atoms with Gasteiger partial charge in [-0.15, -0.1) is 0 Å². The lowest BCUT2D eigenvalue weighted by atomic mass is 9.94. The van der Waals surface area contributed by atoms with Crippen LogP contribution in [0.2, 0.25) is 0 Å². The highest BCUT2D eigenvalue weighted by Gasteiger charge is 2.33. The fraction of sp³-hybridized carbons (Fsp3) is 0.526. The van der Waals surface area contributed by atoms with Crippen LogP contribution in [0.1, 0.15) is 36.9 Å². The lowest BCUT2D eigenvalue weighted by Crippen LogP contribution is -2.40. The number of rotatable bonds is 3. The van der Waals surface area contributed by atoms with Gasteiger partial charge in [0.25, 0.3) is 5.92 Å². The molecular weight excluding hydrogens is 346 g/mol. The summed E-state index contributed by atoms with van der Waals surface area (Å²) in [5.41, 5.74) is 3.34. The zero-order valence-corrected chi connectivity index (χ0v) is 14.4. The molecule has 0 atom stereocenters. The topological polar surface area (TPSA) is 31.4 Å². The summed E-state index contributed by atoms with van der Waals surface area (Å²) in [5, 5.41) is 0.713. The van der Waals surface area contributed by atoms with Crippen LogP contribution in [-0.2, 0) is 6.42 Å². The molecule has 0 spiro atoms. The molecule has 2 aliphatic rings. The van der Waals surface area contributed by atoms with Crippen molar-refractivity contribution in [2.24, 2.45) is 4.99 Å². The Hall–Kier alpha value is -1.89. The van der Waals surface area contributed by atoms with Crippen LogP contribution in [0.5, 0.6) is 0 Å². The molecule has 26 heavy (non-hydrogen) atoms. The number of aryl methyl sites for hydroxylation is 1. The highest BCUT2D eigenvalue weighted by Crippen LogP contribution is 2.31. The first-order valence-corrected chi connectivity index (χ1v) is 9.06. The van der Waals surface area contributed by atoms with E-state index in [1.807, 2.05) is 4.90 Å². The van der Waals surface area contributed by atoms with Crippen molar-refractivity contribution in [3.63, 3.8) is 0 Å². The molecular formula is C19H21F4N3. The van der Waals surface area contributed by atoms with Crippen LogP contribution in [0, 0.1) is 11.6 Å². The number of nitrogens with zero attached hydrogens (tertiary/aromatic N) is 2. The average Bonchev–Trinajstić information content (AvgIpc) is 2.95. The fourth-order valence-electron chi connectivity index (χ4n) is 3.90. The molecule has 3 nitrogen and oxygen atoms in total. The molecule has 4 rings (SSSR count). The van der Waals surface area contributed by atoms with Crippen LogP contribution in [0.15, 0.2) is 17.1 Å². The van der Waals surface area contributed by atoms with E-state index in [-0.39, 0.29) is 12.8 Å². The number of aliphatic imine (C=N–C) groups is 1. The number of halogens is 4. The van der Waals surface area contributed by atoms with Crippen LogP contribution in [0.4, 0.5) is 17.6 Å². The van der Waals surface area contributed by atoms with Gasteiger partial charge in [0.1, 0.15) is 0 Å². The zero-order valence-electron chi connectivity index (χ0n) is 14.4. The third-order valence-corrected chi connectivity index (χ3v) is 5.38. The molecule has 2 heterocycles. The van der Waals surface area contributed by atoms with Crippen molar-refractivity contribution in [3.05, 3.63) is 35.0 Å². The summed E-state index contributed by atoms with van der Waals surface area (Å²) in [4.78, 5) is 9.86. The Bertz CT molecular complexity index is 846. The summed E-state index contributed by atoms with van der Waals surface area (Å²) in [6, 6.07) is 2.44. The third kappa shape index (κ3) is 3.37. The number of hydrogen-bond acceptors (Lipinski definition) is 2. The number of hydrogen-bond donors (Lipinski definition) is 1. The minimum atomic E-state index is -2.53. The molecule has 1 fully saturated rings. The summed E-state index contributed by atoms with van der Waals surface area (Å²) in [5.74, 6) is -4.24. The molecule has 1 aliphatic heterocycles. The number of nitrogens with one attached hydrogen (secondary N) is 1. The highest BCUT2D eigenvalue weighted by atomic mass is 19.3. The number of fused-ring (bicyclic) bond motifs is 3. The standard InChI is InChI=1S/C19H21F4N3/c20-14-10-13-12-2-1-3-16(18(12)25-17(13)11-15(14)21)24-6-9-26-7-4-19(22,23)5-8-26/h10-11,25H,1-9H2/b24-16+. The predicted molar refractivity (Wildman–Crippen MR) is 93.2 cm³/mol. The Labute approximate surface area is 149 Å². The van der Waals surface area contributed by atoms with Gasteiger partial charge in [-0.2, -0.15) is 0 Å². The lowest BCUT2D eigenvalue weighted by molar-refractivity contribution is -0.0544. The van der Waals surface area contributed by atoms with Crippen molar-refractivity contribution in [1.29, 1.82) is 0 Å². The second-order valence-electron chi connectivity index (χ2n) is 7.17. The van der Waals surface area contributed by atoms with Gasteiger partial charge in [0.15, 0.2) is 11.6 Å². The normalized spacial score (nSPS) is 22.1. The molecule has 7 heteroatoms. The van der Waals surface area contributed by atoms with Gasteiger partial charge in [0, 0.05) is 49.4 Å². The first-order chi connectivity index (χ1) is 12.4. The Morgan fingerprint density at radius 1 is 1.08 bits per heavy atom. The lowest BCUT2D eigenvalue weighted by Gasteiger charge is -2.31. The Morgan fingerprint density at radius 2 is 1.81 bits per heavy atom. The second-order valence-corrected chi connectivity index (χ2v) is 7.17. The minimum Gasteiger partial charge on any atom is -0.353 e. The number of benzene rings is 1. The van der Waals surface area contributed by atoms with Gasteiger partial charge in [-0.25, -0.2) is 17.6 Å². The highest BCUT2D eigenvalue weighted by molar-refractivity contribution is 6.06. The molecule has 0 radical (unpaired) electrons. The summed E-state index contributed by atoms with van der Waals surface area (Å²) in [6.45, 7) is 1.99. The van der Waals surface area contributed by atoms with E-state index in [2.05, 4.69) is 9.98 Å². The van der Waals surface area contributed by atoms with Gasteiger partial charge < -0.3 is 9.88 Å². The van der Waals surface area contributed by atoms with Crippen LogP contribution in [0.25, 0.3) is 10.9 Å². The van der Waals surface area contributed by atoms with E-state index >= 15 is 0 Å². The monoisotopic (exact) mass is 367 g/mol. The molecule has 0 saturated carbocycles. The van der Waals surface area contributed by atoms with Crippen molar-refractivity contribution in [1.82, 2.24) is 9.88 Å². The predicted octanol–water partition coefficient (Wildman–Crippen LogP) is 4.30. The average molecular weight is 367 g/mol. The first-order valence-electron chi connectivity index (χ1n) is 9.06. The molecule has 1 aromatic heterocycles. The summed E-state index contributed by atoms with van der Waals surface area (Å²) in [6.07, 6.45) is 2.34. The smallest absolute Gasteiger partial charge is 0.250 e. The SMILES string of the molecule is Fc1cc2[nH]c3c(c2cc1F)CCC/C3=N\CCN1CCC(F)(F)CC1. The first kappa shape index (κ1) is 17.5. The van der Waals surface area contributed by atoms with Gasteiger partial charge in [-0.05, 0) is 30.9 Å². The number of aromatic amines is 1.